The molecule has 2 aromatic rings. The summed E-state index contributed by atoms with van der Waals surface area (Å²) in [6.07, 6.45) is 7.26. The molecular formula is C23H28N2O4. The Morgan fingerprint density at radius 2 is 1.90 bits per heavy atom. The molecule has 0 aromatic heterocycles. The Kier molecular flexibility index (Phi) is 7.92. The van der Waals surface area contributed by atoms with Crippen molar-refractivity contribution in [2.45, 2.75) is 44.8 Å². The predicted octanol–water partition coefficient (Wildman–Crippen LogP) is 4.07. The molecule has 1 saturated carbocycles. The smallest absolute Gasteiger partial charge is 0.260 e. The Hall–Kier alpha value is -3.02. The topological polar surface area (TPSA) is 69.2 Å². The van der Waals surface area contributed by atoms with Crippen LogP contribution in [0.1, 0.15) is 43.2 Å². The van der Waals surface area contributed by atoms with E-state index in [2.05, 4.69) is 10.5 Å². The van der Waals surface area contributed by atoms with Crippen molar-refractivity contribution in [1.29, 1.82) is 0 Å². The molecule has 0 radical (unpaired) electrons. The summed E-state index contributed by atoms with van der Waals surface area (Å²) in [6, 6.07) is 15.7. The summed E-state index contributed by atoms with van der Waals surface area (Å²) in [6.45, 7) is 0.381. The van der Waals surface area contributed by atoms with Gasteiger partial charge in [-0.2, -0.15) is 0 Å². The summed E-state index contributed by atoms with van der Waals surface area (Å²) >= 11 is 0. The maximum absolute atomic E-state index is 11.9. The Balaban J connectivity index is 1.46. The minimum absolute atomic E-state index is 0.0809. The highest BCUT2D eigenvalue weighted by Crippen LogP contribution is 2.28. The molecule has 1 amide bonds. The van der Waals surface area contributed by atoms with Gasteiger partial charge in [0.1, 0.15) is 6.61 Å². The SMILES string of the molecule is COc1cc(/C=N\OCC(=O)NC2CCCCC2)ccc1OCc1ccccc1. The van der Waals surface area contributed by atoms with Crippen molar-refractivity contribution < 1.29 is 19.1 Å². The number of methoxy groups -OCH3 is 1. The molecular weight excluding hydrogens is 368 g/mol. The molecule has 6 nitrogen and oxygen atoms in total. The van der Waals surface area contributed by atoms with E-state index in [1.807, 2.05) is 48.5 Å². The van der Waals surface area contributed by atoms with Gasteiger partial charge in [0, 0.05) is 11.6 Å². The zero-order valence-corrected chi connectivity index (χ0v) is 16.8. The molecule has 1 aliphatic carbocycles. The van der Waals surface area contributed by atoms with E-state index in [9.17, 15) is 4.79 Å². The van der Waals surface area contributed by atoms with Crippen molar-refractivity contribution in [2.24, 2.45) is 5.16 Å². The van der Waals surface area contributed by atoms with Crippen LogP contribution in [0.2, 0.25) is 0 Å². The van der Waals surface area contributed by atoms with Gasteiger partial charge in [0.15, 0.2) is 18.1 Å². The number of hydrogen-bond acceptors (Lipinski definition) is 5. The number of ether oxygens (including phenoxy) is 2. The molecule has 0 spiro atoms. The molecule has 0 atom stereocenters. The van der Waals surface area contributed by atoms with Gasteiger partial charge in [-0.15, -0.1) is 0 Å². The quantitative estimate of drug-likeness (QED) is 0.512. The summed E-state index contributed by atoms with van der Waals surface area (Å²) in [4.78, 5) is 17.0. The molecule has 1 aliphatic rings. The van der Waals surface area contributed by atoms with Crippen molar-refractivity contribution in [1.82, 2.24) is 5.32 Å². The number of rotatable bonds is 9. The van der Waals surface area contributed by atoms with E-state index in [-0.39, 0.29) is 18.6 Å². The summed E-state index contributed by atoms with van der Waals surface area (Å²) < 4.78 is 11.3. The average molecular weight is 396 g/mol. The molecule has 0 heterocycles. The van der Waals surface area contributed by atoms with E-state index in [1.165, 1.54) is 19.3 Å². The number of nitrogens with zero attached hydrogens (tertiary/aromatic N) is 1. The molecule has 0 saturated heterocycles. The minimum Gasteiger partial charge on any atom is -0.493 e. The monoisotopic (exact) mass is 396 g/mol. The normalized spacial score (nSPS) is 14.5. The van der Waals surface area contributed by atoms with Crippen LogP contribution in [0.4, 0.5) is 0 Å². The van der Waals surface area contributed by atoms with Crippen LogP contribution in [0.3, 0.4) is 0 Å². The highest BCUT2D eigenvalue weighted by atomic mass is 16.6. The van der Waals surface area contributed by atoms with Gasteiger partial charge in [0.2, 0.25) is 0 Å². The summed E-state index contributed by atoms with van der Waals surface area (Å²) in [5.74, 6) is 1.14. The molecule has 154 valence electrons. The van der Waals surface area contributed by atoms with E-state index < -0.39 is 0 Å². The summed E-state index contributed by atoms with van der Waals surface area (Å²) in [5, 5.41) is 6.89. The fourth-order valence-corrected chi connectivity index (χ4v) is 3.33. The van der Waals surface area contributed by atoms with Crippen LogP contribution in [-0.4, -0.2) is 31.9 Å². The highest BCUT2D eigenvalue weighted by Gasteiger charge is 2.15. The van der Waals surface area contributed by atoms with Crippen molar-refractivity contribution in [2.75, 3.05) is 13.7 Å². The van der Waals surface area contributed by atoms with Crippen molar-refractivity contribution in [3.63, 3.8) is 0 Å². The first-order valence-electron chi connectivity index (χ1n) is 10.0. The second-order valence-corrected chi connectivity index (χ2v) is 7.09. The first-order valence-corrected chi connectivity index (χ1v) is 10.0. The second-order valence-electron chi connectivity index (χ2n) is 7.09. The summed E-state index contributed by atoms with van der Waals surface area (Å²) in [5.41, 5.74) is 1.88. The van der Waals surface area contributed by atoms with Gasteiger partial charge in [-0.3, -0.25) is 4.79 Å². The van der Waals surface area contributed by atoms with E-state index in [4.69, 9.17) is 14.3 Å². The van der Waals surface area contributed by atoms with E-state index >= 15 is 0 Å². The highest BCUT2D eigenvalue weighted by molar-refractivity contribution is 5.81. The van der Waals surface area contributed by atoms with Crippen molar-refractivity contribution in [3.05, 3.63) is 59.7 Å². The van der Waals surface area contributed by atoms with Crippen LogP contribution in [-0.2, 0) is 16.2 Å². The first-order chi connectivity index (χ1) is 14.2. The third-order valence-electron chi connectivity index (χ3n) is 4.87. The standard InChI is InChI=1S/C23H28N2O4/c1-27-22-14-19(12-13-21(22)28-16-18-8-4-2-5-9-18)15-24-29-17-23(26)25-20-10-6-3-7-11-20/h2,4-5,8-9,12-15,20H,3,6-7,10-11,16-17H2,1H3,(H,25,26)/b24-15-. The molecule has 6 heteroatoms. The largest absolute Gasteiger partial charge is 0.493 e. The molecule has 3 rings (SSSR count). The maximum Gasteiger partial charge on any atom is 0.260 e. The molecule has 1 fully saturated rings. The maximum atomic E-state index is 11.9. The number of oxime groups is 1. The number of nitrogens with one attached hydrogen (secondary N) is 1. The molecule has 29 heavy (non-hydrogen) atoms. The molecule has 0 unspecified atom stereocenters. The number of carbonyl (C=O) groups excluding carboxylic acids is 1. The lowest BCUT2D eigenvalue weighted by atomic mass is 9.95. The van der Waals surface area contributed by atoms with Crippen LogP contribution < -0.4 is 14.8 Å². The third kappa shape index (κ3) is 6.82. The Morgan fingerprint density at radius 3 is 2.66 bits per heavy atom. The lowest BCUT2D eigenvalue weighted by Crippen LogP contribution is -2.38. The molecule has 0 bridgehead atoms. The molecule has 1 N–H and O–H groups in total. The molecule has 2 aromatic carbocycles. The van der Waals surface area contributed by atoms with E-state index in [0.717, 1.165) is 24.0 Å². The number of benzene rings is 2. The van der Waals surface area contributed by atoms with Gasteiger partial charge in [-0.25, -0.2) is 0 Å². The van der Waals surface area contributed by atoms with Gasteiger partial charge < -0.3 is 19.6 Å². The third-order valence-corrected chi connectivity index (χ3v) is 4.87. The van der Waals surface area contributed by atoms with Crippen molar-refractivity contribution in [3.8, 4) is 11.5 Å². The lowest BCUT2D eigenvalue weighted by molar-refractivity contribution is -0.126. The Bertz CT molecular complexity index is 802. The Labute approximate surface area is 171 Å². The Morgan fingerprint density at radius 1 is 1.10 bits per heavy atom. The van der Waals surface area contributed by atoms with E-state index in [1.54, 1.807) is 13.3 Å². The minimum atomic E-state index is -0.128. The van der Waals surface area contributed by atoms with Gasteiger partial charge in [-0.05, 0) is 36.6 Å². The zero-order valence-electron chi connectivity index (χ0n) is 16.8. The average Bonchev–Trinajstić information content (AvgIpc) is 2.77. The van der Waals surface area contributed by atoms with Crippen LogP contribution >= 0.6 is 0 Å². The zero-order chi connectivity index (χ0) is 20.3. The van der Waals surface area contributed by atoms with Gasteiger partial charge in [-0.1, -0.05) is 54.8 Å². The second kappa shape index (κ2) is 11.1. The molecule has 0 aliphatic heterocycles. The van der Waals surface area contributed by atoms with Gasteiger partial charge >= 0.3 is 0 Å². The van der Waals surface area contributed by atoms with E-state index in [0.29, 0.717) is 18.1 Å². The number of carbonyl (C=O) groups is 1. The van der Waals surface area contributed by atoms with Crippen LogP contribution in [0, 0.1) is 0 Å². The van der Waals surface area contributed by atoms with Crippen LogP contribution in [0.25, 0.3) is 0 Å². The lowest BCUT2D eigenvalue weighted by Gasteiger charge is -2.22. The number of amides is 1. The number of hydrogen-bond donors (Lipinski definition) is 1. The van der Waals surface area contributed by atoms with Crippen molar-refractivity contribution >= 4 is 12.1 Å². The first kappa shape index (κ1) is 20.7. The van der Waals surface area contributed by atoms with Gasteiger partial charge in [0.25, 0.3) is 5.91 Å². The predicted molar refractivity (Wildman–Crippen MR) is 112 cm³/mol. The summed E-state index contributed by atoms with van der Waals surface area (Å²) in [7, 11) is 1.59. The fraction of sp³-hybridized carbons (Fsp3) is 0.391. The van der Waals surface area contributed by atoms with Crippen LogP contribution in [0.15, 0.2) is 53.7 Å². The van der Waals surface area contributed by atoms with Crippen LogP contribution in [0.5, 0.6) is 11.5 Å². The van der Waals surface area contributed by atoms with Gasteiger partial charge in [0.05, 0.1) is 13.3 Å². The fourth-order valence-electron chi connectivity index (χ4n) is 3.33.